The summed E-state index contributed by atoms with van der Waals surface area (Å²) in [6.07, 6.45) is -30.6. The summed E-state index contributed by atoms with van der Waals surface area (Å²) in [4.78, 5) is 0. The first-order valence-corrected chi connectivity index (χ1v) is 5.62. The average molecular weight is 450 g/mol. The van der Waals surface area contributed by atoms with Gasteiger partial charge in [-0.05, 0) is 0 Å². The minimum atomic E-state index is -8.51. The molecule has 0 aromatic rings. The molecule has 0 saturated carbocycles. The number of alkyl halides is 17. The van der Waals surface area contributed by atoms with E-state index in [9.17, 15) is 74.6 Å². The topological polar surface area (TPSA) is 9.23 Å². The van der Waals surface area contributed by atoms with Crippen LogP contribution in [0.3, 0.4) is 0 Å². The lowest BCUT2D eigenvalue weighted by Crippen LogP contribution is -2.75. The molecule has 0 saturated heterocycles. The zero-order chi connectivity index (χ0) is 22.7. The van der Waals surface area contributed by atoms with Gasteiger partial charge in [-0.2, -0.15) is 65.9 Å². The molecule has 0 rings (SSSR count). The molecule has 0 fully saturated rings. The van der Waals surface area contributed by atoms with E-state index >= 15 is 0 Å². The molecule has 0 aliphatic rings. The maximum absolute atomic E-state index is 13.5. The van der Waals surface area contributed by atoms with Gasteiger partial charge in [0.15, 0.2) is 0 Å². The summed E-state index contributed by atoms with van der Waals surface area (Å²) in [5.74, 6) is -22.8. The Morgan fingerprint density at radius 2 is 0.778 bits per heavy atom. The zero-order valence-corrected chi connectivity index (χ0v) is 11.8. The molecule has 0 N–H and O–H groups in total. The number of ether oxygens (including phenoxy) is 1. The molecule has 164 valence electrons. The van der Waals surface area contributed by atoms with Crippen molar-refractivity contribution >= 4 is 0 Å². The molecule has 2 unspecified atom stereocenters. The monoisotopic (exact) mass is 450 g/mol. The number of hydrogen-bond donors (Lipinski definition) is 0. The predicted molar refractivity (Wildman–Crippen MR) is 47.4 cm³/mol. The summed E-state index contributed by atoms with van der Waals surface area (Å²) >= 11 is 0. The number of halogens is 17. The molecule has 0 aliphatic heterocycles. The Labute approximate surface area is 136 Å². The Kier molecular flexibility index (Phi) is 5.85. The van der Waals surface area contributed by atoms with Crippen molar-refractivity contribution in [2.45, 2.75) is 54.9 Å². The van der Waals surface area contributed by atoms with E-state index in [1.54, 1.807) is 4.74 Å². The number of hydrogen-bond acceptors (Lipinski definition) is 1. The maximum Gasteiger partial charge on any atom is 0.460 e. The highest BCUT2D eigenvalue weighted by atomic mass is 19.4. The molecule has 0 aliphatic carbocycles. The number of rotatable bonds is 5. The highest BCUT2D eigenvalue weighted by molar-refractivity contribution is 5.13. The summed E-state index contributed by atoms with van der Waals surface area (Å²) in [6.45, 7) is -1.21. The van der Waals surface area contributed by atoms with Gasteiger partial charge in [0, 0.05) is 6.92 Å². The van der Waals surface area contributed by atoms with E-state index in [0.717, 1.165) is 0 Å². The van der Waals surface area contributed by atoms with Crippen molar-refractivity contribution in [3.63, 3.8) is 0 Å². The lowest BCUT2D eigenvalue weighted by atomic mass is 9.89. The molecule has 0 heterocycles. The van der Waals surface area contributed by atoms with Crippen LogP contribution in [0.4, 0.5) is 74.6 Å². The average Bonchev–Trinajstić information content (AvgIpc) is 2.31. The molecule has 1 nitrogen and oxygen atoms in total. The normalized spacial score (nSPS) is 20.2. The van der Waals surface area contributed by atoms with Gasteiger partial charge >= 0.3 is 48.0 Å². The van der Waals surface area contributed by atoms with Crippen LogP contribution in [0.15, 0.2) is 0 Å². The molecular formula is C9H3F17O. The first kappa shape index (κ1) is 25.8. The van der Waals surface area contributed by atoms with Gasteiger partial charge in [0.25, 0.3) is 0 Å². The SMILES string of the molecule is CC(F)(OC(F)(F)C(F)(C(F)(F)F)C(F)(F)C(F)(F)C(F)(F)F)C(F)(F)F. The van der Waals surface area contributed by atoms with Crippen LogP contribution in [-0.2, 0) is 4.74 Å². The molecule has 0 aromatic carbocycles. The molecule has 0 aromatic heterocycles. The van der Waals surface area contributed by atoms with E-state index in [4.69, 9.17) is 0 Å². The standard InChI is InChI=1S/C9H3F17O/c1-2(10,6(16,17)18)27-9(25,26)3(11,7(19,20)21)4(12,13)5(14,15)8(22,23)24/h1H3. The lowest BCUT2D eigenvalue weighted by Gasteiger charge is -2.43. The summed E-state index contributed by atoms with van der Waals surface area (Å²) in [5.41, 5.74) is -8.45. The molecule has 0 amide bonds. The van der Waals surface area contributed by atoms with Crippen molar-refractivity contribution in [1.29, 1.82) is 0 Å². The smallest absolute Gasteiger partial charge is 0.272 e. The molecule has 27 heavy (non-hydrogen) atoms. The van der Waals surface area contributed by atoms with Crippen molar-refractivity contribution in [2.75, 3.05) is 0 Å². The van der Waals surface area contributed by atoms with Gasteiger partial charge in [-0.15, -0.1) is 0 Å². The van der Waals surface area contributed by atoms with Crippen molar-refractivity contribution in [2.24, 2.45) is 0 Å². The molecule has 0 radical (unpaired) electrons. The summed E-state index contributed by atoms with van der Waals surface area (Å²) in [6, 6.07) is 0. The van der Waals surface area contributed by atoms with Crippen LogP contribution in [0.25, 0.3) is 0 Å². The fourth-order valence-electron chi connectivity index (χ4n) is 1.29. The van der Waals surface area contributed by atoms with Gasteiger partial charge < -0.3 is 0 Å². The van der Waals surface area contributed by atoms with Gasteiger partial charge in [-0.1, -0.05) is 0 Å². The third kappa shape index (κ3) is 3.72. The Hall–Kier alpha value is -1.23. The maximum atomic E-state index is 13.5. The molecule has 0 bridgehead atoms. The van der Waals surface area contributed by atoms with E-state index in [1.165, 1.54) is 0 Å². The first-order chi connectivity index (χ1) is 11.2. The van der Waals surface area contributed by atoms with Gasteiger partial charge in [-0.25, -0.2) is 8.78 Å². The first-order valence-electron chi connectivity index (χ1n) is 5.62. The predicted octanol–water partition coefficient (Wildman–Crippen LogP) is 5.95. The third-order valence-corrected chi connectivity index (χ3v) is 2.80. The van der Waals surface area contributed by atoms with Crippen molar-refractivity contribution in [3.05, 3.63) is 0 Å². The minimum absolute atomic E-state index is 1.21. The Morgan fingerprint density at radius 1 is 0.444 bits per heavy atom. The second-order valence-corrected chi connectivity index (χ2v) is 4.84. The second-order valence-electron chi connectivity index (χ2n) is 4.84. The van der Waals surface area contributed by atoms with Crippen LogP contribution >= 0.6 is 0 Å². The van der Waals surface area contributed by atoms with E-state index in [-0.39, 0.29) is 0 Å². The van der Waals surface area contributed by atoms with Crippen molar-refractivity contribution in [3.8, 4) is 0 Å². The van der Waals surface area contributed by atoms with Crippen LogP contribution in [-0.4, -0.2) is 48.0 Å². The molecule has 0 spiro atoms. The Morgan fingerprint density at radius 3 is 1.00 bits per heavy atom. The Bertz CT molecular complexity index is 536. The summed E-state index contributed by atoms with van der Waals surface area (Å²) in [5, 5.41) is 0. The van der Waals surface area contributed by atoms with Crippen LogP contribution in [0, 0.1) is 0 Å². The Balaban J connectivity index is 6.75. The van der Waals surface area contributed by atoms with Gasteiger partial charge in [0.2, 0.25) is 0 Å². The third-order valence-electron chi connectivity index (χ3n) is 2.80. The summed E-state index contributed by atoms with van der Waals surface area (Å²) in [7, 11) is 0. The molecule has 18 heteroatoms. The van der Waals surface area contributed by atoms with Crippen molar-refractivity contribution in [1.82, 2.24) is 0 Å². The largest absolute Gasteiger partial charge is 0.460 e. The summed E-state index contributed by atoms with van der Waals surface area (Å²) < 4.78 is 215. The fourth-order valence-corrected chi connectivity index (χ4v) is 1.29. The van der Waals surface area contributed by atoms with Gasteiger partial charge in [0.1, 0.15) is 0 Å². The lowest BCUT2D eigenvalue weighted by molar-refractivity contribution is -0.503. The van der Waals surface area contributed by atoms with Gasteiger partial charge in [-0.3, -0.25) is 4.74 Å². The van der Waals surface area contributed by atoms with E-state index in [1.807, 2.05) is 0 Å². The van der Waals surface area contributed by atoms with Crippen LogP contribution in [0.1, 0.15) is 6.92 Å². The molecule has 2 atom stereocenters. The quantitative estimate of drug-likeness (QED) is 0.471. The molecular weight excluding hydrogens is 447 g/mol. The van der Waals surface area contributed by atoms with E-state index < -0.39 is 54.9 Å². The highest BCUT2D eigenvalue weighted by Crippen LogP contribution is 2.62. The second kappa shape index (κ2) is 6.13. The van der Waals surface area contributed by atoms with Crippen LogP contribution in [0.5, 0.6) is 0 Å². The van der Waals surface area contributed by atoms with Crippen molar-refractivity contribution < 1.29 is 79.4 Å². The zero-order valence-electron chi connectivity index (χ0n) is 11.8. The highest BCUT2D eigenvalue weighted by Gasteiger charge is 2.94. The van der Waals surface area contributed by atoms with Gasteiger partial charge in [0.05, 0.1) is 0 Å². The van der Waals surface area contributed by atoms with E-state index in [0.29, 0.717) is 0 Å². The fraction of sp³-hybridized carbons (Fsp3) is 1.00. The van der Waals surface area contributed by atoms with E-state index in [2.05, 4.69) is 0 Å². The van der Waals surface area contributed by atoms with Crippen LogP contribution < -0.4 is 0 Å². The minimum Gasteiger partial charge on any atom is -0.272 e. The van der Waals surface area contributed by atoms with Crippen LogP contribution in [0.2, 0.25) is 0 Å².